The summed E-state index contributed by atoms with van der Waals surface area (Å²) >= 11 is 0. The van der Waals surface area contributed by atoms with Crippen LogP contribution in [-0.4, -0.2) is 11.6 Å². The van der Waals surface area contributed by atoms with Gasteiger partial charge in [0.1, 0.15) is 5.76 Å². The Morgan fingerprint density at radius 1 is 1.24 bits per heavy atom. The largest absolute Gasteiger partial charge is 0.493 e. The molecule has 0 saturated heterocycles. The lowest BCUT2D eigenvalue weighted by molar-refractivity contribution is 0.219. The topological polar surface area (TPSA) is 48.1 Å². The Bertz CT molecular complexity index is 461. The van der Waals surface area contributed by atoms with E-state index in [2.05, 4.69) is 24.9 Å². The first-order chi connectivity index (χ1) is 10.2. The molecule has 0 aliphatic heterocycles. The minimum Gasteiger partial charge on any atom is -0.493 e. The Morgan fingerprint density at radius 3 is 2.62 bits per heavy atom. The van der Waals surface area contributed by atoms with E-state index in [1.165, 1.54) is 19.3 Å². The summed E-state index contributed by atoms with van der Waals surface area (Å²) in [5.74, 6) is 0.908. The molecule has 0 aliphatic carbocycles. The molecule has 1 rings (SSSR count). The number of aromatic nitrogens is 1. The Balaban J connectivity index is 2.73. The van der Waals surface area contributed by atoms with E-state index in [0.717, 1.165) is 36.5 Å². The van der Waals surface area contributed by atoms with E-state index >= 15 is 0 Å². The SMILES string of the molecule is C/C=C(OCCCCCC)\C(=C/CC)c1ccc(N)cn1. The van der Waals surface area contributed by atoms with Crippen LogP contribution in [0.4, 0.5) is 5.69 Å². The molecule has 1 heterocycles. The summed E-state index contributed by atoms with van der Waals surface area (Å²) in [7, 11) is 0. The standard InChI is InChI=1S/C18H28N2O/c1-4-7-8-9-13-21-18(6-3)16(10-5-2)17-12-11-15(19)14-20-17/h6,10-12,14H,4-5,7-9,13,19H2,1-3H3/b16-10-,18-6+. The molecule has 1 aromatic heterocycles. The van der Waals surface area contributed by atoms with Crippen molar-refractivity contribution in [2.45, 2.75) is 52.9 Å². The average Bonchev–Trinajstić information content (AvgIpc) is 2.50. The first kappa shape index (κ1) is 17.3. The summed E-state index contributed by atoms with van der Waals surface area (Å²) < 4.78 is 5.96. The molecule has 116 valence electrons. The number of nitrogens with zero attached hydrogens (tertiary/aromatic N) is 1. The van der Waals surface area contributed by atoms with Gasteiger partial charge < -0.3 is 10.5 Å². The highest BCUT2D eigenvalue weighted by Gasteiger charge is 2.09. The van der Waals surface area contributed by atoms with Crippen molar-refractivity contribution in [1.29, 1.82) is 0 Å². The third-order valence-electron chi connectivity index (χ3n) is 3.25. The van der Waals surface area contributed by atoms with Crippen molar-refractivity contribution in [2.75, 3.05) is 12.3 Å². The van der Waals surface area contributed by atoms with Crippen LogP contribution in [0.1, 0.15) is 58.6 Å². The van der Waals surface area contributed by atoms with Crippen molar-refractivity contribution in [2.24, 2.45) is 0 Å². The lowest BCUT2D eigenvalue weighted by atomic mass is 10.1. The van der Waals surface area contributed by atoms with Crippen LogP contribution in [0.3, 0.4) is 0 Å². The molecule has 0 fully saturated rings. The number of rotatable bonds is 9. The first-order valence-electron chi connectivity index (χ1n) is 7.94. The third kappa shape index (κ3) is 6.03. The second-order valence-corrected chi connectivity index (χ2v) is 5.06. The van der Waals surface area contributed by atoms with Gasteiger partial charge in [0.25, 0.3) is 0 Å². The predicted molar refractivity (Wildman–Crippen MR) is 90.8 cm³/mol. The smallest absolute Gasteiger partial charge is 0.124 e. The van der Waals surface area contributed by atoms with E-state index in [9.17, 15) is 0 Å². The number of nitrogens with two attached hydrogens (primary N) is 1. The Morgan fingerprint density at radius 2 is 2.05 bits per heavy atom. The molecule has 3 nitrogen and oxygen atoms in total. The molecular formula is C18H28N2O. The number of nitrogen functional groups attached to an aromatic ring is 1. The van der Waals surface area contributed by atoms with E-state index in [4.69, 9.17) is 10.5 Å². The second kappa shape index (κ2) is 10.0. The van der Waals surface area contributed by atoms with E-state index in [1.807, 2.05) is 25.1 Å². The van der Waals surface area contributed by atoms with Crippen molar-refractivity contribution < 1.29 is 4.74 Å². The number of hydrogen-bond donors (Lipinski definition) is 1. The first-order valence-corrected chi connectivity index (χ1v) is 7.94. The third-order valence-corrected chi connectivity index (χ3v) is 3.25. The van der Waals surface area contributed by atoms with Crippen LogP contribution in [0.25, 0.3) is 5.57 Å². The summed E-state index contributed by atoms with van der Waals surface area (Å²) in [4.78, 5) is 4.41. The van der Waals surface area contributed by atoms with Crippen molar-refractivity contribution in [3.05, 3.63) is 41.9 Å². The van der Waals surface area contributed by atoms with Gasteiger partial charge in [-0.25, -0.2) is 0 Å². The van der Waals surface area contributed by atoms with Crippen LogP contribution in [-0.2, 0) is 4.74 Å². The van der Waals surface area contributed by atoms with Crippen LogP contribution in [0.2, 0.25) is 0 Å². The van der Waals surface area contributed by atoms with Gasteiger partial charge in [-0.05, 0) is 38.0 Å². The molecule has 0 amide bonds. The van der Waals surface area contributed by atoms with Gasteiger partial charge in [-0.1, -0.05) is 39.2 Å². The maximum absolute atomic E-state index is 5.96. The fraction of sp³-hybridized carbons (Fsp3) is 0.500. The highest BCUT2D eigenvalue weighted by atomic mass is 16.5. The summed E-state index contributed by atoms with van der Waals surface area (Å²) in [5.41, 5.74) is 8.35. The maximum Gasteiger partial charge on any atom is 0.124 e. The Labute approximate surface area is 128 Å². The quantitative estimate of drug-likeness (QED) is 0.397. The lowest BCUT2D eigenvalue weighted by Gasteiger charge is -2.14. The number of pyridine rings is 1. The van der Waals surface area contributed by atoms with E-state index < -0.39 is 0 Å². The minimum atomic E-state index is 0.678. The molecule has 21 heavy (non-hydrogen) atoms. The number of anilines is 1. The van der Waals surface area contributed by atoms with Gasteiger partial charge in [-0.3, -0.25) is 4.98 Å². The molecule has 0 radical (unpaired) electrons. The van der Waals surface area contributed by atoms with Crippen LogP contribution in [0, 0.1) is 0 Å². The van der Waals surface area contributed by atoms with Gasteiger partial charge in [0.2, 0.25) is 0 Å². The average molecular weight is 288 g/mol. The second-order valence-electron chi connectivity index (χ2n) is 5.06. The minimum absolute atomic E-state index is 0.678. The van der Waals surface area contributed by atoms with Gasteiger partial charge in [-0.15, -0.1) is 0 Å². The molecule has 0 bridgehead atoms. The molecule has 0 saturated carbocycles. The van der Waals surface area contributed by atoms with Crippen LogP contribution in [0.5, 0.6) is 0 Å². The molecule has 2 N–H and O–H groups in total. The van der Waals surface area contributed by atoms with Gasteiger partial charge in [0, 0.05) is 5.57 Å². The van der Waals surface area contributed by atoms with Crippen LogP contribution >= 0.6 is 0 Å². The number of unbranched alkanes of at least 4 members (excludes halogenated alkanes) is 3. The molecule has 0 unspecified atom stereocenters. The Hall–Kier alpha value is -1.77. The fourth-order valence-electron chi connectivity index (χ4n) is 2.13. The Kier molecular flexibility index (Phi) is 8.25. The molecule has 0 aromatic carbocycles. The highest BCUT2D eigenvalue weighted by Crippen LogP contribution is 2.24. The molecule has 0 atom stereocenters. The molecule has 1 aromatic rings. The van der Waals surface area contributed by atoms with Crippen LogP contribution in [0.15, 0.2) is 36.2 Å². The summed E-state index contributed by atoms with van der Waals surface area (Å²) in [6, 6.07) is 3.82. The van der Waals surface area contributed by atoms with Gasteiger partial charge in [0.15, 0.2) is 0 Å². The highest BCUT2D eigenvalue weighted by molar-refractivity contribution is 5.75. The normalized spacial score (nSPS) is 12.5. The zero-order chi connectivity index (χ0) is 15.5. The van der Waals surface area contributed by atoms with Crippen molar-refractivity contribution in [1.82, 2.24) is 4.98 Å². The van der Waals surface area contributed by atoms with Gasteiger partial charge in [0.05, 0.1) is 24.2 Å². The van der Waals surface area contributed by atoms with E-state index in [-0.39, 0.29) is 0 Å². The maximum atomic E-state index is 5.96. The fourth-order valence-corrected chi connectivity index (χ4v) is 2.13. The number of ether oxygens (including phenoxy) is 1. The molecule has 0 spiro atoms. The van der Waals surface area contributed by atoms with E-state index in [0.29, 0.717) is 5.69 Å². The summed E-state index contributed by atoms with van der Waals surface area (Å²) in [6.07, 6.45) is 11.6. The summed E-state index contributed by atoms with van der Waals surface area (Å²) in [6.45, 7) is 7.09. The van der Waals surface area contributed by atoms with Crippen molar-refractivity contribution in [3.8, 4) is 0 Å². The monoisotopic (exact) mass is 288 g/mol. The van der Waals surface area contributed by atoms with E-state index in [1.54, 1.807) is 6.20 Å². The lowest BCUT2D eigenvalue weighted by Crippen LogP contribution is -2.01. The van der Waals surface area contributed by atoms with Gasteiger partial charge in [-0.2, -0.15) is 0 Å². The zero-order valence-corrected chi connectivity index (χ0v) is 13.6. The molecule has 3 heteroatoms. The van der Waals surface area contributed by atoms with Crippen molar-refractivity contribution in [3.63, 3.8) is 0 Å². The summed E-state index contributed by atoms with van der Waals surface area (Å²) in [5, 5.41) is 0. The van der Waals surface area contributed by atoms with Gasteiger partial charge >= 0.3 is 0 Å². The van der Waals surface area contributed by atoms with Crippen molar-refractivity contribution >= 4 is 11.3 Å². The predicted octanol–water partition coefficient (Wildman–Crippen LogP) is 4.96. The molecule has 0 aliphatic rings. The number of allylic oxidation sites excluding steroid dienone is 3. The molecular weight excluding hydrogens is 260 g/mol. The zero-order valence-electron chi connectivity index (χ0n) is 13.6. The van der Waals surface area contributed by atoms with Crippen LogP contribution < -0.4 is 5.73 Å². The number of hydrogen-bond acceptors (Lipinski definition) is 3.